The lowest BCUT2D eigenvalue weighted by molar-refractivity contribution is 0.718. The number of nitrogens with one attached hydrogen (secondary N) is 1. The summed E-state index contributed by atoms with van der Waals surface area (Å²) >= 11 is 0. The van der Waals surface area contributed by atoms with Crippen LogP contribution in [0, 0.1) is 0 Å². The SMILES string of the molecule is CCc1c(NCCN)cnn1C. The molecule has 0 amide bonds. The quantitative estimate of drug-likeness (QED) is 0.682. The zero-order valence-electron chi connectivity index (χ0n) is 7.67. The van der Waals surface area contributed by atoms with Gasteiger partial charge in [0.2, 0.25) is 0 Å². The predicted octanol–water partition coefficient (Wildman–Crippen LogP) is 0.353. The summed E-state index contributed by atoms with van der Waals surface area (Å²) in [7, 11) is 1.95. The summed E-state index contributed by atoms with van der Waals surface area (Å²) in [5.74, 6) is 0. The van der Waals surface area contributed by atoms with E-state index in [-0.39, 0.29) is 0 Å². The van der Waals surface area contributed by atoms with E-state index >= 15 is 0 Å². The molecule has 4 heteroatoms. The van der Waals surface area contributed by atoms with Gasteiger partial charge in [0.05, 0.1) is 17.6 Å². The molecular formula is C8H16N4. The first kappa shape index (κ1) is 9.06. The molecular weight excluding hydrogens is 152 g/mol. The van der Waals surface area contributed by atoms with Crippen LogP contribution in [0.3, 0.4) is 0 Å². The van der Waals surface area contributed by atoms with E-state index in [9.17, 15) is 0 Å². The van der Waals surface area contributed by atoms with E-state index in [1.54, 1.807) is 0 Å². The molecule has 3 N–H and O–H groups in total. The summed E-state index contributed by atoms with van der Waals surface area (Å²) in [5, 5.41) is 7.38. The molecule has 0 aliphatic carbocycles. The summed E-state index contributed by atoms with van der Waals surface area (Å²) in [5.41, 5.74) is 7.71. The maximum Gasteiger partial charge on any atom is 0.0759 e. The number of nitrogens with two attached hydrogens (primary N) is 1. The van der Waals surface area contributed by atoms with Gasteiger partial charge < -0.3 is 11.1 Å². The Morgan fingerprint density at radius 2 is 2.42 bits per heavy atom. The van der Waals surface area contributed by atoms with Crippen molar-refractivity contribution in [2.24, 2.45) is 12.8 Å². The number of hydrogen-bond acceptors (Lipinski definition) is 3. The van der Waals surface area contributed by atoms with Crippen molar-refractivity contribution in [1.82, 2.24) is 9.78 Å². The summed E-state index contributed by atoms with van der Waals surface area (Å²) in [6, 6.07) is 0. The van der Waals surface area contributed by atoms with Crippen molar-refractivity contribution in [3.05, 3.63) is 11.9 Å². The molecule has 0 aliphatic rings. The predicted molar refractivity (Wildman–Crippen MR) is 50.1 cm³/mol. The Bertz CT molecular complexity index is 241. The standard InChI is InChI=1S/C8H16N4/c1-3-8-7(10-5-4-9)6-11-12(8)2/h6,10H,3-5,9H2,1-2H3. The van der Waals surface area contributed by atoms with Gasteiger partial charge in [-0.1, -0.05) is 6.92 Å². The van der Waals surface area contributed by atoms with Crippen molar-refractivity contribution in [1.29, 1.82) is 0 Å². The fraction of sp³-hybridized carbons (Fsp3) is 0.625. The van der Waals surface area contributed by atoms with E-state index in [1.165, 1.54) is 5.69 Å². The molecule has 4 nitrogen and oxygen atoms in total. The molecule has 0 saturated heterocycles. The molecule has 12 heavy (non-hydrogen) atoms. The third kappa shape index (κ3) is 1.76. The van der Waals surface area contributed by atoms with Crippen LogP contribution in [0.1, 0.15) is 12.6 Å². The van der Waals surface area contributed by atoms with Crippen LogP contribution in [0.4, 0.5) is 5.69 Å². The summed E-state index contributed by atoms with van der Waals surface area (Å²) in [4.78, 5) is 0. The van der Waals surface area contributed by atoms with Gasteiger partial charge in [-0.2, -0.15) is 5.10 Å². The molecule has 0 saturated carbocycles. The van der Waals surface area contributed by atoms with Crippen molar-refractivity contribution in [2.75, 3.05) is 18.4 Å². The largest absolute Gasteiger partial charge is 0.381 e. The lowest BCUT2D eigenvalue weighted by Gasteiger charge is -2.04. The topological polar surface area (TPSA) is 55.9 Å². The molecule has 68 valence electrons. The number of rotatable bonds is 4. The van der Waals surface area contributed by atoms with Crippen LogP contribution in [-0.4, -0.2) is 22.9 Å². The van der Waals surface area contributed by atoms with Gasteiger partial charge in [-0.3, -0.25) is 4.68 Å². The molecule has 0 fully saturated rings. The Morgan fingerprint density at radius 3 is 3.00 bits per heavy atom. The van der Waals surface area contributed by atoms with Crippen molar-refractivity contribution >= 4 is 5.69 Å². The van der Waals surface area contributed by atoms with Crippen molar-refractivity contribution < 1.29 is 0 Å². The highest BCUT2D eigenvalue weighted by atomic mass is 15.3. The Hall–Kier alpha value is -1.03. The monoisotopic (exact) mass is 168 g/mol. The number of hydrogen-bond donors (Lipinski definition) is 2. The lowest BCUT2D eigenvalue weighted by atomic mass is 10.3. The van der Waals surface area contributed by atoms with E-state index in [2.05, 4.69) is 17.3 Å². The fourth-order valence-corrected chi connectivity index (χ4v) is 1.24. The molecule has 1 rings (SSSR count). The van der Waals surface area contributed by atoms with E-state index in [1.807, 2.05) is 17.9 Å². The van der Waals surface area contributed by atoms with E-state index in [0.717, 1.165) is 18.7 Å². The maximum atomic E-state index is 5.38. The molecule has 0 spiro atoms. The van der Waals surface area contributed by atoms with Crippen LogP contribution in [0.25, 0.3) is 0 Å². The minimum absolute atomic E-state index is 0.651. The molecule has 0 aliphatic heterocycles. The number of aryl methyl sites for hydroxylation is 1. The first-order chi connectivity index (χ1) is 5.79. The smallest absolute Gasteiger partial charge is 0.0759 e. The Balaban J connectivity index is 2.70. The normalized spacial score (nSPS) is 10.2. The first-order valence-corrected chi connectivity index (χ1v) is 4.24. The fourth-order valence-electron chi connectivity index (χ4n) is 1.24. The van der Waals surface area contributed by atoms with Crippen LogP contribution < -0.4 is 11.1 Å². The van der Waals surface area contributed by atoms with E-state index in [0.29, 0.717) is 6.54 Å². The van der Waals surface area contributed by atoms with Crippen molar-refractivity contribution in [3.8, 4) is 0 Å². The maximum absolute atomic E-state index is 5.38. The van der Waals surface area contributed by atoms with Crippen LogP contribution in [-0.2, 0) is 13.5 Å². The molecule has 0 bridgehead atoms. The molecule has 0 atom stereocenters. The van der Waals surface area contributed by atoms with Gasteiger partial charge in [-0.15, -0.1) is 0 Å². The number of anilines is 1. The number of aromatic nitrogens is 2. The van der Waals surface area contributed by atoms with Crippen LogP contribution in [0.2, 0.25) is 0 Å². The highest BCUT2D eigenvalue weighted by molar-refractivity contribution is 5.46. The second-order valence-corrected chi connectivity index (χ2v) is 2.70. The second-order valence-electron chi connectivity index (χ2n) is 2.70. The van der Waals surface area contributed by atoms with Crippen LogP contribution in [0.5, 0.6) is 0 Å². The van der Waals surface area contributed by atoms with Gasteiger partial charge in [0, 0.05) is 20.1 Å². The van der Waals surface area contributed by atoms with Crippen molar-refractivity contribution in [3.63, 3.8) is 0 Å². The lowest BCUT2D eigenvalue weighted by Crippen LogP contribution is -2.13. The molecule has 1 heterocycles. The molecule has 0 radical (unpaired) electrons. The summed E-state index contributed by atoms with van der Waals surface area (Å²) < 4.78 is 1.89. The minimum Gasteiger partial charge on any atom is -0.381 e. The average Bonchev–Trinajstić information content (AvgIpc) is 2.43. The van der Waals surface area contributed by atoms with Crippen LogP contribution in [0.15, 0.2) is 6.20 Å². The first-order valence-electron chi connectivity index (χ1n) is 4.24. The Morgan fingerprint density at radius 1 is 1.67 bits per heavy atom. The van der Waals surface area contributed by atoms with Gasteiger partial charge in [0.1, 0.15) is 0 Å². The van der Waals surface area contributed by atoms with Crippen molar-refractivity contribution in [2.45, 2.75) is 13.3 Å². The van der Waals surface area contributed by atoms with Gasteiger partial charge in [-0.25, -0.2) is 0 Å². The third-order valence-corrected chi connectivity index (χ3v) is 1.86. The third-order valence-electron chi connectivity index (χ3n) is 1.86. The molecule has 0 aromatic carbocycles. The van der Waals surface area contributed by atoms with E-state index < -0.39 is 0 Å². The Labute approximate surface area is 72.8 Å². The molecule has 1 aromatic rings. The van der Waals surface area contributed by atoms with Crippen LogP contribution >= 0.6 is 0 Å². The van der Waals surface area contributed by atoms with Gasteiger partial charge in [0.15, 0.2) is 0 Å². The summed E-state index contributed by atoms with van der Waals surface area (Å²) in [6.07, 6.45) is 2.83. The van der Waals surface area contributed by atoms with E-state index in [4.69, 9.17) is 5.73 Å². The zero-order chi connectivity index (χ0) is 8.97. The summed E-state index contributed by atoms with van der Waals surface area (Å²) in [6.45, 7) is 3.57. The van der Waals surface area contributed by atoms with Gasteiger partial charge in [-0.05, 0) is 6.42 Å². The zero-order valence-corrected chi connectivity index (χ0v) is 7.67. The highest BCUT2D eigenvalue weighted by Crippen LogP contribution is 2.13. The van der Waals surface area contributed by atoms with Gasteiger partial charge >= 0.3 is 0 Å². The number of nitrogens with zero attached hydrogens (tertiary/aromatic N) is 2. The second kappa shape index (κ2) is 4.11. The Kier molecular flexibility index (Phi) is 3.10. The molecule has 0 unspecified atom stereocenters. The minimum atomic E-state index is 0.651. The average molecular weight is 168 g/mol. The highest BCUT2D eigenvalue weighted by Gasteiger charge is 2.03. The van der Waals surface area contributed by atoms with Gasteiger partial charge in [0.25, 0.3) is 0 Å². The molecule has 1 aromatic heterocycles.